The monoisotopic (exact) mass is 346 g/mol. The maximum atomic E-state index is 11.2. The zero-order valence-corrected chi connectivity index (χ0v) is 14.6. The Kier molecular flexibility index (Phi) is 5.58. The van der Waals surface area contributed by atoms with E-state index in [1.54, 1.807) is 12.1 Å². The van der Waals surface area contributed by atoms with Crippen LogP contribution in [0, 0.1) is 13.8 Å². The lowest BCUT2D eigenvalue weighted by Crippen LogP contribution is -2.23. The number of nitrogens with zero attached hydrogens (tertiary/aromatic N) is 1. The minimum Gasteiger partial charge on any atom is -0.370 e. The van der Waals surface area contributed by atoms with Crippen LogP contribution in [0.15, 0.2) is 52.4 Å². The van der Waals surface area contributed by atoms with Crippen molar-refractivity contribution >= 4 is 21.7 Å². The number of aliphatic imine (C=N–C) groups is 1. The number of benzene rings is 2. The molecule has 0 aromatic heterocycles. The second kappa shape index (κ2) is 7.46. The number of sulfonamides is 1. The Hall–Kier alpha value is -2.38. The number of anilines is 1. The second-order valence-electron chi connectivity index (χ2n) is 5.63. The standard InChI is InChI=1S/C17H22N4O2S/c1-12-3-6-15(11-13(12)2)21-17(18)20-10-9-14-4-7-16(8-5-14)24(19,22)23/h3-8,11H,9-10H2,1-2H3,(H3,18,20,21)(H2,19,22,23). The SMILES string of the molecule is Cc1ccc(NC(N)=NCCc2ccc(S(N)(=O)=O)cc2)cc1C. The highest BCUT2D eigenvalue weighted by Gasteiger charge is 2.06. The number of guanidine groups is 1. The molecule has 2 aromatic rings. The normalized spacial score (nSPS) is 12.2. The number of rotatable bonds is 5. The minimum absolute atomic E-state index is 0.102. The molecular weight excluding hydrogens is 324 g/mol. The van der Waals surface area contributed by atoms with Gasteiger partial charge in [0, 0.05) is 12.2 Å². The van der Waals surface area contributed by atoms with E-state index in [2.05, 4.69) is 17.2 Å². The van der Waals surface area contributed by atoms with Crippen molar-refractivity contribution in [3.05, 3.63) is 59.2 Å². The maximum Gasteiger partial charge on any atom is 0.238 e. The first-order chi connectivity index (χ1) is 11.3. The lowest BCUT2D eigenvalue weighted by molar-refractivity contribution is 0.598. The number of nitrogens with two attached hydrogens (primary N) is 2. The molecule has 0 atom stereocenters. The molecule has 0 bridgehead atoms. The molecule has 0 aliphatic rings. The average Bonchev–Trinajstić information content (AvgIpc) is 2.50. The van der Waals surface area contributed by atoms with Gasteiger partial charge in [0.2, 0.25) is 10.0 Å². The lowest BCUT2D eigenvalue weighted by Gasteiger charge is -2.08. The molecule has 2 aromatic carbocycles. The molecule has 24 heavy (non-hydrogen) atoms. The molecule has 0 unspecified atom stereocenters. The summed E-state index contributed by atoms with van der Waals surface area (Å²) >= 11 is 0. The third kappa shape index (κ3) is 5.07. The topological polar surface area (TPSA) is 111 Å². The molecule has 0 spiro atoms. The zero-order valence-electron chi connectivity index (χ0n) is 13.8. The minimum atomic E-state index is -3.65. The van der Waals surface area contributed by atoms with E-state index in [0.29, 0.717) is 18.9 Å². The van der Waals surface area contributed by atoms with Gasteiger partial charge in [0.25, 0.3) is 0 Å². The van der Waals surface area contributed by atoms with Crippen molar-refractivity contribution in [2.75, 3.05) is 11.9 Å². The first kappa shape index (κ1) is 18.0. The fourth-order valence-electron chi connectivity index (χ4n) is 2.16. The quantitative estimate of drug-likeness (QED) is 0.567. The molecular formula is C17H22N4O2S. The number of hydrogen-bond acceptors (Lipinski definition) is 3. The van der Waals surface area contributed by atoms with Gasteiger partial charge in [-0.05, 0) is 61.2 Å². The highest BCUT2D eigenvalue weighted by molar-refractivity contribution is 7.89. The fraction of sp³-hybridized carbons (Fsp3) is 0.235. The van der Waals surface area contributed by atoms with Crippen LogP contribution < -0.4 is 16.2 Å². The Morgan fingerprint density at radius 2 is 1.75 bits per heavy atom. The van der Waals surface area contributed by atoms with E-state index in [9.17, 15) is 8.42 Å². The van der Waals surface area contributed by atoms with E-state index in [1.165, 1.54) is 23.3 Å². The molecule has 2 rings (SSSR count). The molecule has 0 aliphatic carbocycles. The van der Waals surface area contributed by atoms with Crippen LogP contribution in [0.4, 0.5) is 5.69 Å². The Morgan fingerprint density at radius 3 is 2.33 bits per heavy atom. The summed E-state index contributed by atoms with van der Waals surface area (Å²) in [5.41, 5.74) is 10.1. The molecule has 0 radical (unpaired) electrons. The Labute approximate surface area is 142 Å². The summed E-state index contributed by atoms with van der Waals surface area (Å²) in [5.74, 6) is 0.347. The van der Waals surface area contributed by atoms with E-state index in [4.69, 9.17) is 10.9 Å². The smallest absolute Gasteiger partial charge is 0.238 e. The van der Waals surface area contributed by atoms with Crippen LogP contribution in [0.3, 0.4) is 0 Å². The van der Waals surface area contributed by atoms with Crippen LogP contribution in [-0.4, -0.2) is 20.9 Å². The van der Waals surface area contributed by atoms with Crippen LogP contribution in [0.2, 0.25) is 0 Å². The van der Waals surface area contributed by atoms with E-state index in [0.717, 1.165) is 11.3 Å². The van der Waals surface area contributed by atoms with Gasteiger partial charge in [0.05, 0.1) is 4.90 Å². The van der Waals surface area contributed by atoms with E-state index in [1.807, 2.05) is 25.1 Å². The summed E-state index contributed by atoms with van der Waals surface area (Å²) in [5, 5.41) is 8.12. The summed E-state index contributed by atoms with van der Waals surface area (Å²) in [4.78, 5) is 4.38. The van der Waals surface area contributed by atoms with Crippen LogP contribution in [0.5, 0.6) is 0 Å². The molecule has 0 heterocycles. The predicted octanol–water partition coefficient (Wildman–Crippen LogP) is 1.92. The van der Waals surface area contributed by atoms with E-state index in [-0.39, 0.29) is 4.90 Å². The third-order valence-corrected chi connectivity index (χ3v) is 4.64. The molecule has 128 valence electrons. The van der Waals surface area contributed by atoms with Gasteiger partial charge in [-0.2, -0.15) is 0 Å². The molecule has 6 nitrogen and oxygen atoms in total. The van der Waals surface area contributed by atoms with Crippen LogP contribution in [-0.2, 0) is 16.4 Å². The van der Waals surface area contributed by atoms with Gasteiger partial charge in [0.1, 0.15) is 0 Å². The summed E-state index contributed by atoms with van der Waals surface area (Å²) < 4.78 is 22.4. The Bertz CT molecular complexity index is 843. The number of nitrogens with one attached hydrogen (secondary N) is 1. The first-order valence-corrected chi connectivity index (χ1v) is 9.06. The molecule has 0 saturated heterocycles. The van der Waals surface area contributed by atoms with Crippen molar-refractivity contribution < 1.29 is 8.42 Å². The van der Waals surface area contributed by atoms with Gasteiger partial charge < -0.3 is 11.1 Å². The Balaban J connectivity index is 1.92. The second-order valence-corrected chi connectivity index (χ2v) is 7.19. The zero-order chi connectivity index (χ0) is 17.7. The van der Waals surface area contributed by atoms with Crippen molar-refractivity contribution in [2.24, 2.45) is 15.9 Å². The fourth-order valence-corrected chi connectivity index (χ4v) is 2.67. The van der Waals surface area contributed by atoms with Gasteiger partial charge in [-0.25, -0.2) is 13.6 Å². The molecule has 0 aliphatic heterocycles. The van der Waals surface area contributed by atoms with Gasteiger partial charge in [-0.15, -0.1) is 0 Å². The van der Waals surface area contributed by atoms with E-state index >= 15 is 0 Å². The average molecular weight is 346 g/mol. The number of aryl methyl sites for hydroxylation is 2. The van der Waals surface area contributed by atoms with Crippen LogP contribution in [0.25, 0.3) is 0 Å². The molecule has 0 fully saturated rings. The van der Waals surface area contributed by atoms with Crippen molar-refractivity contribution in [3.8, 4) is 0 Å². The molecule has 0 saturated carbocycles. The molecule has 0 amide bonds. The van der Waals surface area contributed by atoms with Gasteiger partial charge in [-0.1, -0.05) is 18.2 Å². The van der Waals surface area contributed by atoms with Crippen molar-refractivity contribution in [2.45, 2.75) is 25.2 Å². The summed E-state index contributed by atoms with van der Waals surface area (Å²) in [6.45, 7) is 4.59. The van der Waals surface area contributed by atoms with Crippen molar-refractivity contribution in [1.82, 2.24) is 0 Å². The van der Waals surface area contributed by atoms with Gasteiger partial charge in [0.15, 0.2) is 5.96 Å². The van der Waals surface area contributed by atoms with Crippen LogP contribution in [0.1, 0.15) is 16.7 Å². The van der Waals surface area contributed by atoms with Gasteiger partial charge >= 0.3 is 0 Å². The summed E-state index contributed by atoms with van der Waals surface area (Å²) in [6.07, 6.45) is 0.653. The highest BCUT2D eigenvalue weighted by Crippen LogP contribution is 2.14. The third-order valence-electron chi connectivity index (χ3n) is 3.71. The Morgan fingerprint density at radius 1 is 1.08 bits per heavy atom. The summed E-state index contributed by atoms with van der Waals surface area (Å²) in [7, 11) is -3.65. The van der Waals surface area contributed by atoms with Crippen molar-refractivity contribution in [1.29, 1.82) is 0 Å². The largest absolute Gasteiger partial charge is 0.370 e. The van der Waals surface area contributed by atoms with E-state index < -0.39 is 10.0 Å². The van der Waals surface area contributed by atoms with Crippen molar-refractivity contribution in [3.63, 3.8) is 0 Å². The lowest BCUT2D eigenvalue weighted by atomic mass is 10.1. The molecule has 7 heteroatoms. The highest BCUT2D eigenvalue weighted by atomic mass is 32.2. The number of hydrogen-bond donors (Lipinski definition) is 3. The van der Waals surface area contributed by atoms with Gasteiger partial charge in [-0.3, -0.25) is 4.99 Å². The van der Waals surface area contributed by atoms with Crippen LogP contribution >= 0.6 is 0 Å². The predicted molar refractivity (Wildman–Crippen MR) is 97.5 cm³/mol. The number of primary sulfonamides is 1. The maximum absolute atomic E-state index is 11.2. The molecule has 5 N–H and O–H groups in total. The summed E-state index contributed by atoms with van der Waals surface area (Å²) in [6, 6.07) is 12.4. The first-order valence-electron chi connectivity index (χ1n) is 7.51.